The topological polar surface area (TPSA) is 106 Å². The van der Waals surface area contributed by atoms with Crippen molar-refractivity contribution in [2.75, 3.05) is 33.3 Å². The fourth-order valence-corrected chi connectivity index (χ4v) is 6.80. The second kappa shape index (κ2) is 10.1. The molecule has 0 aliphatic carbocycles. The van der Waals surface area contributed by atoms with E-state index < -0.39 is 26.8 Å². The highest BCUT2D eigenvalue weighted by Crippen LogP contribution is 2.41. The highest BCUT2D eigenvalue weighted by Gasteiger charge is 2.45. The van der Waals surface area contributed by atoms with Crippen molar-refractivity contribution in [2.45, 2.75) is 62.8 Å². The molecule has 3 heterocycles. The third kappa shape index (κ3) is 4.61. The van der Waals surface area contributed by atoms with Crippen LogP contribution in [0, 0.1) is 6.92 Å². The van der Waals surface area contributed by atoms with Gasteiger partial charge in [-0.05, 0) is 83.5 Å². The van der Waals surface area contributed by atoms with Crippen LogP contribution in [0.25, 0.3) is 0 Å². The Kier molecular flexibility index (Phi) is 7.36. The van der Waals surface area contributed by atoms with Crippen molar-refractivity contribution in [1.82, 2.24) is 14.4 Å². The first-order valence-electron chi connectivity index (χ1n) is 12.7. The molecule has 1 spiro atoms. The van der Waals surface area contributed by atoms with Gasteiger partial charge in [0.15, 0.2) is 9.84 Å². The monoisotopic (exact) mass is 529 g/mol. The summed E-state index contributed by atoms with van der Waals surface area (Å²) in [6.07, 6.45) is 1.34. The first-order chi connectivity index (χ1) is 17.4. The third-order valence-electron chi connectivity index (χ3n) is 7.77. The van der Waals surface area contributed by atoms with Gasteiger partial charge in [0.2, 0.25) is 0 Å². The van der Waals surface area contributed by atoms with Crippen molar-refractivity contribution < 1.29 is 27.5 Å². The second-order valence-corrected chi connectivity index (χ2v) is 12.6. The van der Waals surface area contributed by atoms with Crippen LogP contribution in [0.4, 0.5) is 0 Å². The summed E-state index contributed by atoms with van der Waals surface area (Å²) in [6.45, 7) is 9.15. The maximum atomic E-state index is 13.3. The molecule has 1 amide bonds. The van der Waals surface area contributed by atoms with E-state index in [-0.39, 0.29) is 22.9 Å². The van der Waals surface area contributed by atoms with Gasteiger partial charge in [0.1, 0.15) is 0 Å². The zero-order valence-corrected chi connectivity index (χ0v) is 22.9. The number of fused-ring (bicyclic) bond motifs is 2. The van der Waals surface area contributed by atoms with E-state index in [1.165, 1.54) is 6.07 Å². The van der Waals surface area contributed by atoms with Crippen LogP contribution in [0.1, 0.15) is 65.7 Å². The summed E-state index contributed by atoms with van der Waals surface area (Å²) in [5.74, 6) is -1.61. The number of aryl methyl sites for hydroxylation is 1. The molecule has 2 aliphatic heterocycles. The minimum atomic E-state index is -3.43. The number of sulfone groups is 1. The summed E-state index contributed by atoms with van der Waals surface area (Å²) in [5.41, 5.74) is 2.00. The summed E-state index contributed by atoms with van der Waals surface area (Å²) < 4.78 is 32.0. The van der Waals surface area contributed by atoms with Crippen molar-refractivity contribution in [3.05, 3.63) is 52.8 Å². The Hall–Kier alpha value is -2.98. The third-order valence-corrected chi connectivity index (χ3v) is 10.1. The van der Waals surface area contributed by atoms with Crippen LogP contribution >= 0.6 is 0 Å². The molecule has 0 N–H and O–H groups in total. The molecule has 0 unspecified atom stereocenters. The predicted octanol–water partition coefficient (Wildman–Crippen LogP) is 2.80. The van der Waals surface area contributed by atoms with Gasteiger partial charge in [-0.2, -0.15) is 0 Å². The van der Waals surface area contributed by atoms with E-state index >= 15 is 0 Å². The zero-order valence-electron chi connectivity index (χ0n) is 22.1. The van der Waals surface area contributed by atoms with Crippen molar-refractivity contribution in [3.63, 3.8) is 0 Å². The van der Waals surface area contributed by atoms with Crippen molar-refractivity contribution in [1.29, 1.82) is 0 Å². The van der Waals surface area contributed by atoms with Crippen molar-refractivity contribution >= 4 is 27.5 Å². The van der Waals surface area contributed by atoms with Crippen LogP contribution < -0.4 is 0 Å². The molecular weight excluding hydrogens is 494 g/mol. The molecule has 9 nitrogen and oxygen atoms in total. The molecule has 2 aliphatic rings. The molecule has 0 atom stereocenters. The Labute approximate surface area is 218 Å². The summed E-state index contributed by atoms with van der Waals surface area (Å²) in [4.78, 5) is 42.4. The van der Waals surface area contributed by atoms with Gasteiger partial charge in [0.25, 0.3) is 11.7 Å². The number of rotatable bonds is 6. The predicted molar refractivity (Wildman–Crippen MR) is 138 cm³/mol. The zero-order chi connectivity index (χ0) is 27.1. The Balaban J connectivity index is 1.54. The number of carbonyl (C=O) groups is 3. The Morgan fingerprint density at radius 3 is 2.30 bits per heavy atom. The highest BCUT2D eigenvalue weighted by atomic mass is 32.2. The highest BCUT2D eigenvalue weighted by molar-refractivity contribution is 7.92. The van der Waals surface area contributed by atoms with Gasteiger partial charge in [-0.1, -0.05) is 0 Å². The number of likely N-dealkylation sites (tertiary alicyclic amines) is 1. The number of hydrogen-bond acceptors (Lipinski definition) is 7. The number of ether oxygens (including phenoxy) is 1. The number of piperidine rings is 1. The van der Waals surface area contributed by atoms with Crippen molar-refractivity contribution in [3.8, 4) is 0 Å². The lowest BCUT2D eigenvalue weighted by Crippen LogP contribution is -2.56. The number of likely N-dealkylation sites (N-methyl/N-ethyl adjacent to an activating group) is 1. The number of hydrogen-bond donors (Lipinski definition) is 0. The molecule has 1 aromatic heterocycles. The first-order valence-corrected chi connectivity index (χ1v) is 14.2. The van der Waals surface area contributed by atoms with Crippen LogP contribution in [0.3, 0.4) is 0 Å². The Morgan fingerprint density at radius 2 is 1.70 bits per heavy atom. The van der Waals surface area contributed by atoms with Gasteiger partial charge >= 0.3 is 5.97 Å². The van der Waals surface area contributed by atoms with Crippen LogP contribution in [0.5, 0.6) is 0 Å². The normalized spacial score (nSPS) is 17.6. The van der Waals surface area contributed by atoms with Gasteiger partial charge in [0, 0.05) is 37.4 Å². The lowest BCUT2D eigenvalue weighted by Gasteiger charge is -2.50. The minimum absolute atomic E-state index is 0.126. The number of ketones is 1. The summed E-state index contributed by atoms with van der Waals surface area (Å²) >= 11 is 0. The van der Waals surface area contributed by atoms with Crippen LogP contribution in [-0.2, 0) is 31.5 Å². The largest absolute Gasteiger partial charge is 0.460 e. The molecule has 1 aromatic carbocycles. The number of esters is 1. The molecule has 37 heavy (non-hydrogen) atoms. The first kappa shape index (κ1) is 27.1. The number of amides is 1. The maximum absolute atomic E-state index is 13.3. The molecule has 0 radical (unpaired) electrons. The Morgan fingerprint density at radius 1 is 1.03 bits per heavy atom. The van der Waals surface area contributed by atoms with Gasteiger partial charge in [-0.15, -0.1) is 0 Å². The maximum Gasteiger partial charge on any atom is 0.381 e. The van der Waals surface area contributed by atoms with E-state index in [1.807, 2.05) is 10.6 Å². The summed E-state index contributed by atoms with van der Waals surface area (Å²) in [5, 5.41) is -0.537. The molecule has 1 saturated heterocycles. The lowest BCUT2D eigenvalue weighted by atomic mass is 9.81. The average molecular weight is 530 g/mol. The lowest BCUT2D eigenvalue weighted by molar-refractivity contribution is -0.137. The second-order valence-electron chi connectivity index (χ2n) is 10.1. The van der Waals surface area contributed by atoms with E-state index in [1.54, 1.807) is 50.8 Å². The van der Waals surface area contributed by atoms with Gasteiger partial charge < -0.3 is 14.2 Å². The molecule has 2 aromatic rings. The number of benzene rings is 1. The smallest absolute Gasteiger partial charge is 0.381 e. The van der Waals surface area contributed by atoms with E-state index in [9.17, 15) is 22.8 Å². The van der Waals surface area contributed by atoms with E-state index in [2.05, 4.69) is 11.9 Å². The van der Waals surface area contributed by atoms with Crippen LogP contribution in [-0.4, -0.2) is 79.0 Å². The standard InChI is InChI=1S/C27H35N3O6S/c1-6-36-26(33)24(31)21-8-10-23-27(28(5)15-16-30(21)23)11-13-29(14-12-27)25(32)20-7-9-22(19(4)17-20)37(34,35)18(2)3/h7-10,17-18H,6,11-16H2,1-5H3. The van der Waals surface area contributed by atoms with Crippen LogP contribution in [0.2, 0.25) is 0 Å². The van der Waals surface area contributed by atoms with Gasteiger partial charge in [0.05, 0.1) is 28.0 Å². The van der Waals surface area contributed by atoms with E-state index in [0.29, 0.717) is 55.8 Å². The van der Waals surface area contributed by atoms with E-state index in [4.69, 9.17) is 4.74 Å². The average Bonchev–Trinajstić information content (AvgIpc) is 3.31. The molecular formula is C27H35N3O6S. The molecule has 0 saturated carbocycles. The number of nitrogens with zero attached hydrogens (tertiary/aromatic N) is 3. The Bertz CT molecular complexity index is 1340. The minimum Gasteiger partial charge on any atom is -0.460 e. The fraction of sp³-hybridized carbons (Fsp3) is 0.519. The summed E-state index contributed by atoms with van der Waals surface area (Å²) in [6, 6.07) is 8.40. The van der Waals surface area contributed by atoms with Gasteiger partial charge in [-0.25, -0.2) is 13.2 Å². The fourth-order valence-electron chi connectivity index (χ4n) is 5.53. The van der Waals surface area contributed by atoms with Crippen LogP contribution in [0.15, 0.2) is 35.2 Å². The number of Topliss-reactive ketones (excluding diaryl/α,β-unsaturated/α-hetero) is 1. The molecule has 4 rings (SSSR count). The number of carbonyl (C=O) groups excluding carboxylic acids is 3. The molecule has 10 heteroatoms. The van der Waals surface area contributed by atoms with E-state index in [0.717, 1.165) is 5.69 Å². The molecule has 0 bridgehead atoms. The molecule has 200 valence electrons. The van der Waals surface area contributed by atoms with Crippen molar-refractivity contribution in [2.24, 2.45) is 0 Å². The SMILES string of the molecule is CCOC(=O)C(=O)c1ccc2n1CCN(C)C21CCN(C(=O)c2ccc(S(=O)(=O)C(C)C)c(C)c2)CC1. The summed E-state index contributed by atoms with van der Waals surface area (Å²) in [7, 11) is -1.37. The quantitative estimate of drug-likeness (QED) is 0.322. The van der Waals surface area contributed by atoms with Gasteiger partial charge in [-0.3, -0.25) is 14.5 Å². The molecule has 1 fully saturated rings. The number of aromatic nitrogens is 1.